The number of hydrogen-bond donors (Lipinski definition) is 1. The third-order valence-corrected chi connectivity index (χ3v) is 5.99. The van der Waals surface area contributed by atoms with Crippen LogP contribution in [0.15, 0.2) is 82.1 Å². The van der Waals surface area contributed by atoms with Crippen LogP contribution in [-0.2, 0) is 16.4 Å². The van der Waals surface area contributed by atoms with Gasteiger partial charge in [0, 0.05) is 12.0 Å². The first-order valence-corrected chi connectivity index (χ1v) is 11.3. The molecule has 0 aliphatic carbocycles. The molecule has 0 saturated carbocycles. The van der Waals surface area contributed by atoms with E-state index in [1.165, 1.54) is 12.1 Å². The number of oxazole rings is 1. The first-order valence-electron chi connectivity index (χ1n) is 9.36. The fourth-order valence-electron chi connectivity index (χ4n) is 3.28. The molecule has 1 aromatic heterocycles. The minimum absolute atomic E-state index is 0.0112. The van der Waals surface area contributed by atoms with E-state index >= 15 is 0 Å². The molecular formula is C23H19ClN2O4S. The van der Waals surface area contributed by atoms with Gasteiger partial charge in [0.2, 0.25) is 10.0 Å². The number of ether oxygens (including phenoxy) is 1. The highest BCUT2D eigenvalue weighted by molar-refractivity contribution is 7.89. The Morgan fingerprint density at radius 3 is 2.35 bits per heavy atom. The molecule has 4 rings (SSSR count). The zero-order chi connectivity index (χ0) is 22.0. The van der Waals surface area contributed by atoms with Crippen LogP contribution in [0.4, 0.5) is 0 Å². The van der Waals surface area contributed by atoms with E-state index in [0.29, 0.717) is 45.7 Å². The maximum absolute atomic E-state index is 11.6. The monoisotopic (exact) mass is 454 g/mol. The zero-order valence-corrected chi connectivity index (χ0v) is 18.2. The minimum atomic E-state index is -3.80. The number of rotatable bonds is 6. The molecule has 0 aliphatic heterocycles. The Bertz CT molecular complexity index is 1320. The summed E-state index contributed by atoms with van der Waals surface area (Å²) in [6.45, 7) is 0. The molecule has 4 aromatic rings. The first kappa shape index (κ1) is 21.1. The van der Waals surface area contributed by atoms with Crippen LogP contribution >= 0.6 is 11.6 Å². The highest BCUT2D eigenvalue weighted by Crippen LogP contribution is 2.42. The van der Waals surface area contributed by atoms with Crippen molar-refractivity contribution >= 4 is 21.6 Å². The van der Waals surface area contributed by atoms with Gasteiger partial charge in [-0.2, -0.15) is 0 Å². The Hall–Kier alpha value is -3.13. The fraction of sp³-hybridized carbons (Fsp3) is 0.0870. The van der Waals surface area contributed by atoms with Crippen molar-refractivity contribution in [3.63, 3.8) is 0 Å². The van der Waals surface area contributed by atoms with Crippen LogP contribution in [0.25, 0.3) is 22.6 Å². The quantitative estimate of drug-likeness (QED) is 0.446. The van der Waals surface area contributed by atoms with E-state index in [0.717, 1.165) is 5.56 Å². The van der Waals surface area contributed by atoms with Crippen molar-refractivity contribution < 1.29 is 17.6 Å². The molecule has 3 aromatic carbocycles. The van der Waals surface area contributed by atoms with Gasteiger partial charge in [0.05, 0.1) is 22.6 Å². The number of methoxy groups -OCH3 is 1. The van der Waals surface area contributed by atoms with Crippen LogP contribution in [0.1, 0.15) is 11.5 Å². The van der Waals surface area contributed by atoms with E-state index < -0.39 is 10.0 Å². The molecule has 0 atom stereocenters. The lowest BCUT2D eigenvalue weighted by atomic mass is 10.0. The van der Waals surface area contributed by atoms with E-state index in [4.69, 9.17) is 30.9 Å². The Morgan fingerprint density at radius 1 is 1.00 bits per heavy atom. The Morgan fingerprint density at radius 2 is 1.71 bits per heavy atom. The molecule has 8 heteroatoms. The van der Waals surface area contributed by atoms with Crippen LogP contribution in [-0.4, -0.2) is 20.5 Å². The highest BCUT2D eigenvalue weighted by Gasteiger charge is 2.23. The van der Waals surface area contributed by atoms with Crippen molar-refractivity contribution in [2.24, 2.45) is 5.14 Å². The number of halogens is 1. The van der Waals surface area contributed by atoms with Crippen LogP contribution in [0, 0.1) is 0 Å². The van der Waals surface area contributed by atoms with Gasteiger partial charge >= 0.3 is 0 Å². The molecular weight excluding hydrogens is 436 g/mol. The van der Waals surface area contributed by atoms with Crippen LogP contribution in [0.5, 0.6) is 5.75 Å². The standard InChI is InChI=1S/C23H19ClN2O4S/c1-29-19-9-5-8-18(24)21(19)22-23(16-10-12-17(13-11-16)31(25,27)28)30-20(26-22)14-15-6-3-2-4-7-15/h2-13H,14H2,1H3,(H2,25,27,28). The molecule has 6 nitrogen and oxygen atoms in total. The Balaban J connectivity index is 1.87. The zero-order valence-electron chi connectivity index (χ0n) is 16.6. The van der Waals surface area contributed by atoms with Gasteiger partial charge < -0.3 is 9.15 Å². The number of benzene rings is 3. The third kappa shape index (κ3) is 4.49. The molecule has 31 heavy (non-hydrogen) atoms. The lowest BCUT2D eigenvalue weighted by Crippen LogP contribution is -2.11. The van der Waals surface area contributed by atoms with E-state index in [-0.39, 0.29) is 4.90 Å². The van der Waals surface area contributed by atoms with Crippen molar-refractivity contribution in [1.29, 1.82) is 0 Å². The Kier molecular flexibility index (Phi) is 5.82. The predicted octanol–water partition coefficient (Wildman–Crippen LogP) is 4.91. The molecule has 0 radical (unpaired) electrons. The molecule has 0 aliphatic rings. The normalized spacial score (nSPS) is 11.5. The number of sulfonamides is 1. The second-order valence-electron chi connectivity index (χ2n) is 6.83. The number of nitrogens with two attached hydrogens (primary N) is 1. The molecule has 2 N–H and O–H groups in total. The second-order valence-corrected chi connectivity index (χ2v) is 8.80. The van der Waals surface area contributed by atoms with Crippen LogP contribution < -0.4 is 9.88 Å². The number of primary sulfonamides is 1. The van der Waals surface area contributed by atoms with Crippen molar-refractivity contribution in [2.45, 2.75) is 11.3 Å². The fourth-order valence-corrected chi connectivity index (χ4v) is 4.05. The topological polar surface area (TPSA) is 95.4 Å². The van der Waals surface area contributed by atoms with Crippen molar-refractivity contribution in [1.82, 2.24) is 4.98 Å². The summed E-state index contributed by atoms with van der Waals surface area (Å²) < 4.78 is 34.9. The lowest BCUT2D eigenvalue weighted by molar-refractivity contribution is 0.416. The molecule has 0 spiro atoms. The predicted molar refractivity (Wildman–Crippen MR) is 120 cm³/mol. The summed E-state index contributed by atoms with van der Waals surface area (Å²) in [5, 5.41) is 5.68. The van der Waals surface area contributed by atoms with Gasteiger partial charge in [-0.3, -0.25) is 0 Å². The summed E-state index contributed by atoms with van der Waals surface area (Å²) >= 11 is 6.50. The van der Waals surface area contributed by atoms with E-state index in [1.807, 2.05) is 30.3 Å². The minimum Gasteiger partial charge on any atom is -0.496 e. The summed E-state index contributed by atoms with van der Waals surface area (Å²) in [5.41, 5.74) is 2.78. The number of hydrogen-bond acceptors (Lipinski definition) is 5. The third-order valence-electron chi connectivity index (χ3n) is 4.75. The van der Waals surface area contributed by atoms with Gasteiger partial charge in [-0.05, 0) is 42.0 Å². The summed E-state index contributed by atoms with van der Waals surface area (Å²) in [6, 6.07) is 21.2. The van der Waals surface area contributed by atoms with Crippen molar-refractivity contribution in [3.05, 3.63) is 89.3 Å². The van der Waals surface area contributed by atoms with Gasteiger partial charge in [0.15, 0.2) is 11.7 Å². The Labute approximate surface area is 185 Å². The van der Waals surface area contributed by atoms with Gasteiger partial charge in [0.25, 0.3) is 0 Å². The van der Waals surface area contributed by atoms with E-state index in [2.05, 4.69) is 0 Å². The molecule has 0 unspecified atom stereocenters. The summed E-state index contributed by atoms with van der Waals surface area (Å²) in [6.07, 6.45) is 0.482. The lowest BCUT2D eigenvalue weighted by Gasteiger charge is -2.09. The molecule has 0 saturated heterocycles. The second kappa shape index (κ2) is 8.55. The molecule has 0 fully saturated rings. The van der Waals surface area contributed by atoms with E-state index in [1.54, 1.807) is 37.4 Å². The summed E-state index contributed by atoms with van der Waals surface area (Å²) in [4.78, 5) is 4.73. The van der Waals surface area contributed by atoms with Crippen LogP contribution in [0.3, 0.4) is 0 Å². The summed E-state index contributed by atoms with van der Waals surface area (Å²) in [7, 11) is -2.25. The average Bonchev–Trinajstić information content (AvgIpc) is 3.16. The van der Waals surface area contributed by atoms with Crippen molar-refractivity contribution in [3.8, 4) is 28.3 Å². The molecule has 0 bridgehead atoms. The van der Waals surface area contributed by atoms with E-state index in [9.17, 15) is 8.42 Å². The summed E-state index contributed by atoms with van der Waals surface area (Å²) in [5.74, 6) is 1.50. The van der Waals surface area contributed by atoms with Gasteiger partial charge in [0.1, 0.15) is 11.4 Å². The number of nitrogens with zero attached hydrogens (tertiary/aromatic N) is 1. The SMILES string of the molecule is COc1cccc(Cl)c1-c1nc(Cc2ccccc2)oc1-c1ccc(S(N)(=O)=O)cc1. The van der Waals surface area contributed by atoms with Gasteiger partial charge in [-0.1, -0.05) is 48.0 Å². The molecule has 0 amide bonds. The van der Waals surface area contributed by atoms with Crippen LogP contribution in [0.2, 0.25) is 5.02 Å². The first-order chi connectivity index (χ1) is 14.9. The van der Waals surface area contributed by atoms with Gasteiger partial charge in [-0.15, -0.1) is 0 Å². The van der Waals surface area contributed by atoms with Gasteiger partial charge in [-0.25, -0.2) is 18.5 Å². The maximum Gasteiger partial charge on any atom is 0.238 e. The largest absolute Gasteiger partial charge is 0.496 e. The maximum atomic E-state index is 11.6. The molecule has 158 valence electrons. The van der Waals surface area contributed by atoms with Crippen molar-refractivity contribution in [2.75, 3.05) is 7.11 Å². The highest BCUT2D eigenvalue weighted by atomic mass is 35.5. The number of aromatic nitrogens is 1. The molecule has 1 heterocycles. The smallest absolute Gasteiger partial charge is 0.238 e. The average molecular weight is 455 g/mol.